The summed E-state index contributed by atoms with van der Waals surface area (Å²) in [6.45, 7) is 1.90. The van der Waals surface area contributed by atoms with Gasteiger partial charge in [-0.05, 0) is 31.2 Å². The van der Waals surface area contributed by atoms with Crippen molar-refractivity contribution in [3.63, 3.8) is 0 Å². The fourth-order valence-electron chi connectivity index (χ4n) is 1.39. The summed E-state index contributed by atoms with van der Waals surface area (Å²) in [7, 11) is 1.64. The molecule has 0 bridgehead atoms. The molecule has 1 heterocycles. The first-order valence-corrected chi connectivity index (χ1v) is 4.41. The second-order valence-corrected chi connectivity index (χ2v) is 3.22. The predicted octanol–water partition coefficient (Wildman–Crippen LogP) is 2.13. The lowest BCUT2D eigenvalue weighted by atomic mass is 10.2. The van der Waals surface area contributed by atoms with Gasteiger partial charge in [0.1, 0.15) is 5.75 Å². The third-order valence-corrected chi connectivity index (χ3v) is 2.25. The summed E-state index contributed by atoms with van der Waals surface area (Å²) in [6, 6.07) is 7.67. The summed E-state index contributed by atoms with van der Waals surface area (Å²) in [5, 5.41) is 1.01. The zero-order valence-corrected chi connectivity index (χ0v) is 8.24. The van der Waals surface area contributed by atoms with Crippen LogP contribution in [0.5, 0.6) is 5.75 Å². The van der Waals surface area contributed by atoms with Gasteiger partial charge in [0.2, 0.25) is 0 Å². The smallest absolute Gasteiger partial charge is 0.119 e. The molecule has 2 aromatic rings. The molecule has 0 aliphatic rings. The van der Waals surface area contributed by atoms with E-state index in [1.807, 2.05) is 31.2 Å². The van der Waals surface area contributed by atoms with Gasteiger partial charge in [0.15, 0.2) is 0 Å². The van der Waals surface area contributed by atoms with Gasteiger partial charge in [0.25, 0.3) is 0 Å². The van der Waals surface area contributed by atoms with Crippen LogP contribution in [0, 0.1) is 6.92 Å². The number of hydrogen-bond acceptors (Lipinski definition) is 3. The lowest BCUT2D eigenvalue weighted by molar-refractivity contribution is 0.415. The largest absolute Gasteiger partial charge is 0.497 e. The van der Waals surface area contributed by atoms with Crippen LogP contribution in [0.25, 0.3) is 10.9 Å². The molecule has 0 atom stereocenters. The lowest BCUT2D eigenvalue weighted by Gasteiger charge is -2.04. The van der Waals surface area contributed by atoms with Gasteiger partial charge in [0.05, 0.1) is 24.0 Å². The molecule has 0 amide bonds. The summed E-state index contributed by atoms with van der Waals surface area (Å²) >= 11 is 0. The minimum absolute atomic E-state index is 0.714. The molecule has 3 nitrogen and oxygen atoms in total. The summed E-state index contributed by atoms with van der Waals surface area (Å²) in [5.74, 6) is 0.822. The minimum atomic E-state index is 0.714. The number of hydrogen-bond donors (Lipinski definition) is 1. The molecule has 0 aliphatic heterocycles. The maximum atomic E-state index is 5.77. The first kappa shape index (κ1) is 8.81. The van der Waals surface area contributed by atoms with E-state index in [2.05, 4.69) is 4.98 Å². The number of aryl methyl sites for hydroxylation is 1. The second-order valence-electron chi connectivity index (χ2n) is 3.22. The highest BCUT2D eigenvalue weighted by Gasteiger charge is 2.01. The molecule has 0 unspecified atom stereocenters. The van der Waals surface area contributed by atoms with Crippen LogP contribution in [0.1, 0.15) is 5.69 Å². The molecular formula is C11H12N2O. The number of benzene rings is 1. The molecule has 14 heavy (non-hydrogen) atoms. The van der Waals surface area contributed by atoms with Gasteiger partial charge in [0, 0.05) is 5.39 Å². The molecular weight excluding hydrogens is 176 g/mol. The normalized spacial score (nSPS) is 10.4. The van der Waals surface area contributed by atoms with Gasteiger partial charge in [-0.1, -0.05) is 0 Å². The van der Waals surface area contributed by atoms with E-state index in [1.54, 1.807) is 7.11 Å². The Hall–Kier alpha value is -1.77. The minimum Gasteiger partial charge on any atom is -0.497 e. The Morgan fingerprint density at radius 1 is 1.29 bits per heavy atom. The number of fused-ring (bicyclic) bond motifs is 1. The zero-order chi connectivity index (χ0) is 10.1. The van der Waals surface area contributed by atoms with Crippen LogP contribution in [0.4, 0.5) is 5.69 Å². The average molecular weight is 188 g/mol. The van der Waals surface area contributed by atoms with Crippen molar-refractivity contribution in [3.8, 4) is 5.75 Å². The van der Waals surface area contributed by atoms with Crippen molar-refractivity contribution < 1.29 is 4.74 Å². The fourth-order valence-corrected chi connectivity index (χ4v) is 1.39. The Morgan fingerprint density at radius 2 is 2.07 bits per heavy atom. The van der Waals surface area contributed by atoms with Crippen molar-refractivity contribution >= 4 is 16.6 Å². The average Bonchev–Trinajstić information content (AvgIpc) is 2.19. The Morgan fingerprint density at radius 3 is 2.79 bits per heavy atom. The van der Waals surface area contributed by atoms with Crippen molar-refractivity contribution in [3.05, 3.63) is 30.0 Å². The highest BCUT2D eigenvalue weighted by atomic mass is 16.5. The molecule has 0 aliphatic carbocycles. The van der Waals surface area contributed by atoms with Crippen LogP contribution >= 0.6 is 0 Å². The molecule has 0 saturated carbocycles. The van der Waals surface area contributed by atoms with E-state index in [0.29, 0.717) is 5.69 Å². The molecule has 2 N–H and O–H groups in total. The van der Waals surface area contributed by atoms with Crippen LogP contribution < -0.4 is 10.5 Å². The van der Waals surface area contributed by atoms with Gasteiger partial charge in [-0.2, -0.15) is 0 Å². The first-order valence-electron chi connectivity index (χ1n) is 4.41. The van der Waals surface area contributed by atoms with E-state index >= 15 is 0 Å². The monoisotopic (exact) mass is 188 g/mol. The number of pyridine rings is 1. The number of ether oxygens (including phenoxy) is 1. The van der Waals surface area contributed by atoms with Crippen molar-refractivity contribution in [2.75, 3.05) is 12.8 Å². The van der Waals surface area contributed by atoms with Crippen LogP contribution in [-0.2, 0) is 0 Å². The molecule has 0 radical (unpaired) electrons. The third-order valence-electron chi connectivity index (χ3n) is 2.25. The van der Waals surface area contributed by atoms with Crippen molar-refractivity contribution in [2.24, 2.45) is 0 Å². The van der Waals surface area contributed by atoms with Crippen LogP contribution in [0.3, 0.4) is 0 Å². The Kier molecular flexibility index (Phi) is 2.00. The number of methoxy groups -OCH3 is 1. The third kappa shape index (κ3) is 1.37. The number of anilines is 1. The number of aromatic nitrogens is 1. The summed E-state index contributed by atoms with van der Waals surface area (Å²) in [4.78, 5) is 4.37. The van der Waals surface area contributed by atoms with Gasteiger partial charge in [-0.15, -0.1) is 0 Å². The van der Waals surface area contributed by atoms with Crippen LogP contribution in [0.2, 0.25) is 0 Å². The zero-order valence-electron chi connectivity index (χ0n) is 8.24. The number of rotatable bonds is 1. The maximum absolute atomic E-state index is 5.77. The quantitative estimate of drug-likeness (QED) is 0.745. The first-order chi connectivity index (χ1) is 6.70. The Labute approximate surface area is 82.5 Å². The molecule has 1 aromatic heterocycles. The van der Waals surface area contributed by atoms with E-state index in [4.69, 9.17) is 10.5 Å². The van der Waals surface area contributed by atoms with Gasteiger partial charge in [-0.25, -0.2) is 0 Å². The molecule has 0 spiro atoms. The summed E-state index contributed by atoms with van der Waals surface area (Å²) < 4.78 is 5.12. The van der Waals surface area contributed by atoms with E-state index in [-0.39, 0.29) is 0 Å². The van der Waals surface area contributed by atoms with Crippen LogP contribution in [-0.4, -0.2) is 12.1 Å². The standard InChI is InChI=1S/C11H12N2O/c1-7-10(12)6-8-5-9(14-2)3-4-11(8)13-7/h3-6H,12H2,1-2H3. The molecule has 1 aromatic carbocycles. The fraction of sp³-hybridized carbons (Fsp3) is 0.182. The van der Waals surface area contributed by atoms with Crippen molar-refractivity contribution in [1.29, 1.82) is 0 Å². The Balaban J connectivity index is 2.70. The van der Waals surface area contributed by atoms with Crippen molar-refractivity contribution in [2.45, 2.75) is 6.92 Å². The Bertz CT molecular complexity index is 480. The van der Waals surface area contributed by atoms with Gasteiger partial charge in [-0.3, -0.25) is 4.98 Å². The number of nitrogens with two attached hydrogens (primary N) is 1. The van der Waals surface area contributed by atoms with E-state index in [0.717, 1.165) is 22.3 Å². The van der Waals surface area contributed by atoms with Crippen LogP contribution in [0.15, 0.2) is 24.3 Å². The highest BCUT2D eigenvalue weighted by Crippen LogP contribution is 2.22. The topological polar surface area (TPSA) is 48.1 Å². The molecule has 2 rings (SSSR count). The molecule has 0 saturated heterocycles. The molecule has 3 heteroatoms. The number of nitrogens with zero attached hydrogens (tertiary/aromatic N) is 1. The maximum Gasteiger partial charge on any atom is 0.119 e. The van der Waals surface area contributed by atoms with E-state index < -0.39 is 0 Å². The second kappa shape index (κ2) is 3.18. The van der Waals surface area contributed by atoms with Crippen molar-refractivity contribution in [1.82, 2.24) is 4.98 Å². The SMILES string of the molecule is COc1ccc2nc(C)c(N)cc2c1. The predicted molar refractivity (Wildman–Crippen MR) is 57.4 cm³/mol. The summed E-state index contributed by atoms with van der Waals surface area (Å²) in [6.07, 6.45) is 0. The molecule has 72 valence electrons. The number of nitrogen functional groups attached to an aromatic ring is 1. The highest BCUT2D eigenvalue weighted by molar-refractivity contribution is 5.83. The molecule has 0 fully saturated rings. The lowest BCUT2D eigenvalue weighted by Crippen LogP contribution is -1.93. The van der Waals surface area contributed by atoms with Gasteiger partial charge < -0.3 is 10.5 Å². The van der Waals surface area contributed by atoms with Gasteiger partial charge >= 0.3 is 0 Å². The van der Waals surface area contributed by atoms with E-state index in [1.165, 1.54) is 0 Å². The van der Waals surface area contributed by atoms with E-state index in [9.17, 15) is 0 Å². The summed E-state index contributed by atoms with van der Waals surface area (Å²) in [5.41, 5.74) is 8.29.